The van der Waals surface area contributed by atoms with Crippen molar-refractivity contribution in [1.29, 1.82) is 0 Å². The van der Waals surface area contributed by atoms with Gasteiger partial charge in [0.2, 0.25) is 0 Å². The second-order valence-electron chi connectivity index (χ2n) is 8.26. The van der Waals surface area contributed by atoms with Crippen LogP contribution in [-0.2, 0) is 24.5 Å². The van der Waals surface area contributed by atoms with Crippen molar-refractivity contribution >= 4 is 29.9 Å². The van der Waals surface area contributed by atoms with Crippen LogP contribution in [0.2, 0.25) is 0 Å². The predicted octanol–water partition coefficient (Wildman–Crippen LogP) is 4.89. The molecule has 0 radical (unpaired) electrons. The summed E-state index contributed by atoms with van der Waals surface area (Å²) in [6.07, 6.45) is 2.90. The van der Waals surface area contributed by atoms with Gasteiger partial charge in [-0.3, -0.25) is 9.98 Å². The zero-order chi connectivity index (χ0) is 22.7. The van der Waals surface area contributed by atoms with Gasteiger partial charge in [0.15, 0.2) is 5.96 Å². The number of nitrogens with zero attached hydrogens (tertiary/aromatic N) is 3. The third-order valence-electron chi connectivity index (χ3n) is 5.72. The summed E-state index contributed by atoms with van der Waals surface area (Å²) in [4.78, 5) is 11.1. The number of rotatable bonds is 9. The first-order valence-electron chi connectivity index (χ1n) is 11.5. The Kier molecular flexibility index (Phi) is 10.6. The summed E-state index contributed by atoms with van der Waals surface area (Å²) < 4.78 is 11.9. The molecule has 1 aliphatic heterocycles. The van der Waals surface area contributed by atoms with E-state index >= 15 is 0 Å². The summed E-state index contributed by atoms with van der Waals surface area (Å²) in [5.74, 6) is 2.29. The molecule has 6 nitrogen and oxygen atoms in total. The van der Waals surface area contributed by atoms with E-state index in [1.54, 1.807) is 6.20 Å². The summed E-state index contributed by atoms with van der Waals surface area (Å²) in [6.45, 7) is 4.55. The molecule has 0 amide bonds. The van der Waals surface area contributed by atoms with Gasteiger partial charge in [0.05, 0.1) is 18.9 Å². The predicted molar refractivity (Wildman–Crippen MR) is 146 cm³/mol. The molecule has 0 spiro atoms. The Morgan fingerprint density at radius 3 is 2.65 bits per heavy atom. The molecule has 7 heteroatoms. The fraction of sp³-hybridized carbons (Fsp3) is 0.333. The van der Waals surface area contributed by atoms with E-state index in [9.17, 15) is 0 Å². The molecule has 180 valence electrons. The van der Waals surface area contributed by atoms with Crippen molar-refractivity contribution in [1.82, 2.24) is 15.2 Å². The maximum absolute atomic E-state index is 5.96. The van der Waals surface area contributed by atoms with Crippen molar-refractivity contribution in [2.75, 3.05) is 26.7 Å². The normalized spacial score (nSPS) is 15.6. The van der Waals surface area contributed by atoms with Gasteiger partial charge in [-0.15, -0.1) is 24.0 Å². The van der Waals surface area contributed by atoms with Crippen molar-refractivity contribution in [2.45, 2.75) is 26.2 Å². The topological polar surface area (TPSA) is 59.0 Å². The van der Waals surface area contributed by atoms with Gasteiger partial charge in [0, 0.05) is 38.8 Å². The lowest BCUT2D eigenvalue weighted by Crippen LogP contribution is -2.39. The van der Waals surface area contributed by atoms with E-state index in [0.717, 1.165) is 49.1 Å². The van der Waals surface area contributed by atoms with Crippen molar-refractivity contribution in [3.05, 3.63) is 95.8 Å². The Bertz CT molecular complexity index is 1020. The molecule has 0 bridgehead atoms. The highest BCUT2D eigenvalue weighted by Gasteiger charge is 2.25. The minimum atomic E-state index is 0. The maximum atomic E-state index is 5.96. The van der Waals surface area contributed by atoms with Gasteiger partial charge in [-0.05, 0) is 41.8 Å². The van der Waals surface area contributed by atoms with Crippen molar-refractivity contribution in [3.63, 3.8) is 0 Å². The number of hydrogen-bond donors (Lipinski definition) is 1. The number of hydrogen-bond acceptors (Lipinski definition) is 4. The third-order valence-corrected chi connectivity index (χ3v) is 5.72. The van der Waals surface area contributed by atoms with Crippen molar-refractivity contribution in [2.24, 2.45) is 10.9 Å². The number of likely N-dealkylation sites (tertiary alicyclic amines) is 1. The standard InChI is InChI=1S/C27H32N4O2.HI/c1-28-27(31-15-13-24(18-31)20-32-19-22-8-3-2-4-9-22)30-17-23-10-7-12-26(16-23)33-21-25-11-5-6-14-29-25;/h2-12,14,16,24H,13,15,17-21H2,1H3,(H,28,30);1H. The van der Waals surface area contributed by atoms with Gasteiger partial charge >= 0.3 is 0 Å². The highest BCUT2D eigenvalue weighted by atomic mass is 127. The number of aliphatic imine (C=N–C) groups is 1. The van der Waals surface area contributed by atoms with E-state index in [4.69, 9.17) is 9.47 Å². The van der Waals surface area contributed by atoms with Crippen LogP contribution in [0.15, 0.2) is 84.0 Å². The number of benzene rings is 2. The van der Waals surface area contributed by atoms with Gasteiger partial charge in [0.25, 0.3) is 0 Å². The summed E-state index contributed by atoms with van der Waals surface area (Å²) in [6, 6.07) is 24.3. The maximum Gasteiger partial charge on any atom is 0.193 e. The number of ether oxygens (including phenoxy) is 2. The van der Waals surface area contributed by atoms with Crippen LogP contribution in [0.1, 0.15) is 23.2 Å². The molecule has 1 atom stereocenters. The zero-order valence-electron chi connectivity index (χ0n) is 19.6. The number of pyridine rings is 1. The van der Waals surface area contributed by atoms with Gasteiger partial charge in [-0.2, -0.15) is 0 Å². The first kappa shape index (κ1) is 26.0. The quantitative estimate of drug-likeness (QED) is 0.225. The molecule has 1 saturated heterocycles. The molecule has 1 unspecified atom stereocenters. The molecule has 0 saturated carbocycles. The van der Waals surface area contributed by atoms with E-state index in [0.29, 0.717) is 25.7 Å². The lowest BCUT2D eigenvalue weighted by atomic mass is 10.1. The Hall–Kier alpha value is -2.65. The molecule has 2 heterocycles. The SMILES string of the molecule is CN=C(NCc1cccc(OCc2ccccn2)c1)N1CCC(COCc2ccccc2)C1.I. The summed E-state index contributed by atoms with van der Waals surface area (Å²) in [5.41, 5.74) is 3.28. The van der Waals surface area contributed by atoms with Crippen molar-refractivity contribution in [3.8, 4) is 5.75 Å². The third kappa shape index (κ3) is 7.99. The van der Waals surface area contributed by atoms with E-state index in [1.807, 2.05) is 55.6 Å². The monoisotopic (exact) mass is 572 g/mol. The minimum Gasteiger partial charge on any atom is -0.487 e. The summed E-state index contributed by atoms with van der Waals surface area (Å²) >= 11 is 0. The Morgan fingerprint density at radius 2 is 1.85 bits per heavy atom. The van der Waals surface area contributed by atoms with Gasteiger partial charge in [-0.1, -0.05) is 48.5 Å². The Morgan fingerprint density at radius 1 is 1.03 bits per heavy atom. The molecule has 1 aliphatic rings. The lowest BCUT2D eigenvalue weighted by Gasteiger charge is -2.22. The molecule has 34 heavy (non-hydrogen) atoms. The molecule has 3 aromatic rings. The fourth-order valence-corrected chi connectivity index (χ4v) is 3.98. The molecule has 1 aromatic heterocycles. The number of aromatic nitrogens is 1. The number of nitrogens with one attached hydrogen (secondary N) is 1. The van der Waals surface area contributed by atoms with Gasteiger partial charge < -0.3 is 19.7 Å². The second-order valence-corrected chi connectivity index (χ2v) is 8.26. The minimum absolute atomic E-state index is 0. The smallest absolute Gasteiger partial charge is 0.193 e. The first-order chi connectivity index (χ1) is 16.3. The van der Waals surface area contributed by atoms with Crippen LogP contribution in [0.3, 0.4) is 0 Å². The van der Waals surface area contributed by atoms with Crippen molar-refractivity contribution < 1.29 is 9.47 Å². The lowest BCUT2D eigenvalue weighted by molar-refractivity contribution is 0.0906. The summed E-state index contributed by atoms with van der Waals surface area (Å²) in [7, 11) is 1.84. The molecule has 2 aromatic carbocycles. The van der Waals surface area contributed by atoms with E-state index < -0.39 is 0 Å². The van der Waals surface area contributed by atoms with Crippen LogP contribution >= 0.6 is 24.0 Å². The molecule has 1 N–H and O–H groups in total. The number of halogens is 1. The number of guanidine groups is 1. The second kappa shape index (κ2) is 13.9. The zero-order valence-corrected chi connectivity index (χ0v) is 21.9. The Balaban J connectivity index is 0.00000324. The van der Waals surface area contributed by atoms with E-state index in [1.165, 1.54) is 5.56 Å². The molecule has 4 rings (SSSR count). The average molecular weight is 572 g/mol. The van der Waals surface area contributed by atoms with Crippen LogP contribution in [0.25, 0.3) is 0 Å². The highest BCUT2D eigenvalue weighted by Crippen LogP contribution is 2.18. The van der Waals surface area contributed by atoms with Crippen LogP contribution in [0, 0.1) is 5.92 Å². The summed E-state index contributed by atoms with van der Waals surface area (Å²) in [5, 5.41) is 3.50. The van der Waals surface area contributed by atoms with E-state index in [-0.39, 0.29) is 24.0 Å². The molecule has 0 aliphatic carbocycles. The van der Waals surface area contributed by atoms with Crippen LogP contribution in [0.4, 0.5) is 0 Å². The highest BCUT2D eigenvalue weighted by molar-refractivity contribution is 14.0. The molecular weight excluding hydrogens is 539 g/mol. The molecular formula is C27H33IN4O2. The first-order valence-corrected chi connectivity index (χ1v) is 11.5. The van der Waals surface area contributed by atoms with Crippen LogP contribution in [0.5, 0.6) is 5.75 Å². The van der Waals surface area contributed by atoms with Crippen LogP contribution in [-0.4, -0.2) is 42.6 Å². The van der Waals surface area contributed by atoms with Crippen LogP contribution < -0.4 is 10.1 Å². The van der Waals surface area contributed by atoms with Gasteiger partial charge in [-0.25, -0.2) is 0 Å². The fourth-order valence-electron chi connectivity index (χ4n) is 3.98. The largest absolute Gasteiger partial charge is 0.487 e. The molecule has 1 fully saturated rings. The van der Waals surface area contributed by atoms with E-state index in [2.05, 4.69) is 44.5 Å². The van der Waals surface area contributed by atoms with Gasteiger partial charge in [0.1, 0.15) is 12.4 Å². The Labute approximate surface area is 219 Å². The average Bonchev–Trinajstić information content (AvgIpc) is 3.33.